The largest absolute Gasteiger partial charge is 0.416 e. The molecule has 0 spiro atoms. The summed E-state index contributed by atoms with van der Waals surface area (Å²) in [6.07, 6.45) is -1.63. The second-order valence-corrected chi connectivity index (χ2v) is 6.17. The highest BCUT2D eigenvalue weighted by Gasteiger charge is 2.31. The van der Waals surface area contributed by atoms with Gasteiger partial charge in [-0.25, -0.2) is 14.1 Å². The number of halogens is 4. The van der Waals surface area contributed by atoms with Crippen LogP contribution in [-0.4, -0.2) is 38.9 Å². The first kappa shape index (κ1) is 20.5. The minimum atomic E-state index is -4.64. The van der Waals surface area contributed by atoms with Crippen molar-refractivity contribution in [3.63, 3.8) is 0 Å². The van der Waals surface area contributed by atoms with E-state index in [9.17, 15) is 22.4 Å². The molecule has 0 radical (unpaired) electrons. The molecular weight excluding hydrogens is 392 g/mol. The average molecular weight is 408 g/mol. The lowest BCUT2D eigenvalue weighted by Gasteiger charge is -2.10. The summed E-state index contributed by atoms with van der Waals surface area (Å²) >= 11 is 0. The van der Waals surface area contributed by atoms with E-state index >= 15 is 0 Å². The lowest BCUT2D eigenvalue weighted by atomic mass is 10.0. The smallest absolute Gasteiger partial charge is 0.395 e. The lowest BCUT2D eigenvalue weighted by Crippen LogP contribution is -2.26. The Morgan fingerprint density at radius 2 is 1.93 bits per heavy atom. The summed E-state index contributed by atoms with van der Waals surface area (Å²) in [5.41, 5.74) is -0.174. The second-order valence-electron chi connectivity index (χ2n) is 6.17. The SMILES string of the molecule is O=C(NCCO)c1ccn(-c2cc(Cc3cc(F)cc(C(F)(F)F)c3)ccn2)n1. The normalized spacial score (nSPS) is 11.5. The van der Waals surface area contributed by atoms with Crippen molar-refractivity contribution in [3.05, 3.63) is 77.0 Å². The molecule has 2 heterocycles. The van der Waals surface area contributed by atoms with E-state index in [0.717, 1.165) is 12.1 Å². The molecule has 2 N–H and O–H groups in total. The minimum absolute atomic E-state index is 0.0570. The van der Waals surface area contributed by atoms with Crippen molar-refractivity contribution in [1.29, 1.82) is 0 Å². The van der Waals surface area contributed by atoms with Gasteiger partial charge in [-0.05, 0) is 53.9 Å². The molecular formula is C19H16F4N4O2. The van der Waals surface area contributed by atoms with E-state index in [2.05, 4.69) is 15.4 Å². The monoisotopic (exact) mass is 408 g/mol. The van der Waals surface area contributed by atoms with E-state index in [1.807, 2.05) is 0 Å². The van der Waals surface area contributed by atoms with Crippen LogP contribution >= 0.6 is 0 Å². The van der Waals surface area contributed by atoms with Gasteiger partial charge in [0.1, 0.15) is 5.82 Å². The van der Waals surface area contributed by atoms with Gasteiger partial charge in [-0.2, -0.15) is 18.3 Å². The summed E-state index contributed by atoms with van der Waals surface area (Å²) in [5, 5.41) is 15.3. The van der Waals surface area contributed by atoms with Crippen molar-refractivity contribution in [1.82, 2.24) is 20.1 Å². The summed E-state index contributed by atoms with van der Waals surface area (Å²) in [6.45, 7) is -0.112. The molecule has 152 valence electrons. The Bertz CT molecular complexity index is 1020. The third-order valence-corrected chi connectivity index (χ3v) is 3.96. The molecule has 0 aliphatic carbocycles. The van der Waals surface area contributed by atoms with Crippen LogP contribution in [-0.2, 0) is 12.6 Å². The third kappa shape index (κ3) is 5.17. The van der Waals surface area contributed by atoms with Gasteiger partial charge >= 0.3 is 6.18 Å². The van der Waals surface area contributed by atoms with Crippen molar-refractivity contribution in [2.75, 3.05) is 13.2 Å². The van der Waals surface area contributed by atoms with Crippen LogP contribution in [0.5, 0.6) is 0 Å². The van der Waals surface area contributed by atoms with Crippen molar-refractivity contribution >= 4 is 5.91 Å². The van der Waals surface area contributed by atoms with Gasteiger partial charge in [-0.3, -0.25) is 4.79 Å². The van der Waals surface area contributed by atoms with Gasteiger partial charge in [0.05, 0.1) is 12.2 Å². The van der Waals surface area contributed by atoms with Gasteiger partial charge in [0.2, 0.25) is 0 Å². The fourth-order valence-corrected chi connectivity index (χ4v) is 2.68. The number of alkyl halides is 3. The Kier molecular flexibility index (Phi) is 5.92. The Balaban J connectivity index is 1.81. The van der Waals surface area contributed by atoms with Gasteiger partial charge in [0.15, 0.2) is 11.5 Å². The zero-order valence-electron chi connectivity index (χ0n) is 14.9. The van der Waals surface area contributed by atoms with Gasteiger partial charge < -0.3 is 10.4 Å². The third-order valence-electron chi connectivity index (χ3n) is 3.96. The van der Waals surface area contributed by atoms with Crippen LogP contribution in [0.15, 0.2) is 48.8 Å². The predicted octanol–water partition coefficient (Wildman–Crippen LogP) is 2.74. The maximum absolute atomic E-state index is 13.6. The number of nitrogens with one attached hydrogen (secondary N) is 1. The van der Waals surface area contributed by atoms with Crippen molar-refractivity contribution in [2.24, 2.45) is 0 Å². The number of nitrogens with zero attached hydrogens (tertiary/aromatic N) is 3. The van der Waals surface area contributed by atoms with Crippen LogP contribution in [0.4, 0.5) is 17.6 Å². The molecule has 0 atom stereocenters. The second kappa shape index (κ2) is 8.39. The molecule has 0 saturated heterocycles. The van der Waals surface area contributed by atoms with E-state index in [0.29, 0.717) is 17.4 Å². The molecule has 1 amide bonds. The molecule has 0 bridgehead atoms. The average Bonchev–Trinajstić information content (AvgIpc) is 3.15. The Hall–Kier alpha value is -3.27. The maximum atomic E-state index is 13.6. The molecule has 3 rings (SSSR count). The van der Waals surface area contributed by atoms with Crippen LogP contribution < -0.4 is 5.32 Å². The number of aromatic nitrogens is 3. The number of benzene rings is 1. The number of rotatable bonds is 6. The van der Waals surface area contributed by atoms with E-state index in [4.69, 9.17) is 5.11 Å². The highest BCUT2D eigenvalue weighted by Crippen LogP contribution is 2.31. The molecule has 0 fully saturated rings. The van der Waals surface area contributed by atoms with Gasteiger partial charge in [-0.15, -0.1) is 0 Å². The number of aliphatic hydroxyl groups is 1. The highest BCUT2D eigenvalue weighted by atomic mass is 19.4. The molecule has 10 heteroatoms. The highest BCUT2D eigenvalue weighted by molar-refractivity contribution is 5.92. The Morgan fingerprint density at radius 1 is 1.14 bits per heavy atom. The van der Waals surface area contributed by atoms with Crippen molar-refractivity contribution < 1.29 is 27.5 Å². The molecule has 0 aliphatic rings. The summed E-state index contributed by atoms with van der Waals surface area (Å²) in [7, 11) is 0. The zero-order valence-corrected chi connectivity index (χ0v) is 14.9. The Labute approximate surface area is 162 Å². The fraction of sp³-hybridized carbons (Fsp3) is 0.211. The van der Waals surface area contributed by atoms with Crippen LogP contribution in [0.25, 0.3) is 5.82 Å². The van der Waals surface area contributed by atoms with E-state index in [1.54, 1.807) is 12.1 Å². The fourth-order valence-electron chi connectivity index (χ4n) is 2.68. The van der Waals surface area contributed by atoms with Crippen molar-refractivity contribution in [2.45, 2.75) is 12.6 Å². The number of carbonyl (C=O) groups excluding carboxylic acids is 1. The van der Waals surface area contributed by atoms with Crippen LogP contribution in [0, 0.1) is 5.82 Å². The summed E-state index contributed by atoms with van der Waals surface area (Å²) in [5.74, 6) is -1.08. The first-order valence-electron chi connectivity index (χ1n) is 8.53. The number of hydrogen-bond donors (Lipinski definition) is 2. The number of pyridine rings is 1. The van der Waals surface area contributed by atoms with E-state index in [-0.39, 0.29) is 30.8 Å². The van der Waals surface area contributed by atoms with Gasteiger partial charge in [0.25, 0.3) is 5.91 Å². The summed E-state index contributed by atoms with van der Waals surface area (Å²) in [4.78, 5) is 16.0. The number of amides is 1. The van der Waals surface area contributed by atoms with Gasteiger partial charge in [-0.1, -0.05) is 0 Å². The van der Waals surface area contributed by atoms with Crippen LogP contribution in [0.2, 0.25) is 0 Å². The lowest BCUT2D eigenvalue weighted by molar-refractivity contribution is -0.137. The predicted molar refractivity (Wildman–Crippen MR) is 95.0 cm³/mol. The van der Waals surface area contributed by atoms with Crippen molar-refractivity contribution in [3.8, 4) is 5.82 Å². The Morgan fingerprint density at radius 3 is 2.66 bits per heavy atom. The molecule has 6 nitrogen and oxygen atoms in total. The number of hydrogen-bond acceptors (Lipinski definition) is 4. The maximum Gasteiger partial charge on any atom is 0.416 e. The standard InChI is InChI=1S/C19H16F4N4O2/c20-15-9-13(8-14(11-15)19(21,22)23)7-12-1-3-24-17(10-12)27-5-2-16(26-27)18(29)25-4-6-28/h1-3,5,8-11,28H,4,6-7H2,(H,25,29). The van der Waals surface area contributed by atoms with Crippen LogP contribution in [0.3, 0.4) is 0 Å². The molecule has 0 aliphatic heterocycles. The summed E-state index contributed by atoms with van der Waals surface area (Å²) < 4.78 is 53.6. The molecule has 1 aromatic carbocycles. The topological polar surface area (TPSA) is 80.0 Å². The first-order chi connectivity index (χ1) is 13.8. The minimum Gasteiger partial charge on any atom is -0.395 e. The quantitative estimate of drug-likeness (QED) is 0.615. The van der Waals surface area contributed by atoms with Gasteiger partial charge in [0, 0.05) is 18.9 Å². The molecule has 2 aromatic heterocycles. The first-order valence-corrected chi connectivity index (χ1v) is 8.53. The van der Waals surface area contributed by atoms with Crippen LogP contribution in [0.1, 0.15) is 27.2 Å². The number of aliphatic hydroxyl groups excluding tert-OH is 1. The molecule has 0 saturated carbocycles. The molecule has 29 heavy (non-hydrogen) atoms. The number of carbonyl (C=O) groups is 1. The van der Waals surface area contributed by atoms with E-state index in [1.165, 1.54) is 23.1 Å². The molecule has 0 unspecified atom stereocenters. The summed E-state index contributed by atoms with van der Waals surface area (Å²) in [6, 6.07) is 7.05. The zero-order chi connectivity index (χ0) is 21.0. The van der Waals surface area contributed by atoms with E-state index < -0.39 is 23.5 Å². The molecule has 3 aromatic rings.